The normalized spacial score (nSPS) is 12.9. The van der Waals surface area contributed by atoms with E-state index in [2.05, 4.69) is 6.92 Å². The Kier molecular flexibility index (Phi) is 6.58. The van der Waals surface area contributed by atoms with E-state index in [-0.39, 0.29) is 6.04 Å². The van der Waals surface area contributed by atoms with Crippen molar-refractivity contribution in [2.75, 3.05) is 0 Å². The van der Waals surface area contributed by atoms with E-state index >= 15 is 0 Å². The van der Waals surface area contributed by atoms with E-state index in [0.29, 0.717) is 5.22 Å². The van der Waals surface area contributed by atoms with Crippen LogP contribution in [-0.4, -0.2) is 0 Å². The zero-order chi connectivity index (χ0) is 11.8. The van der Waals surface area contributed by atoms with Gasteiger partial charge in [0.15, 0.2) is 5.22 Å². The monoisotopic (exact) mass is 243 g/mol. The van der Waals surface area contributed by atoms with Crippen molar-refractivity contribution in [2.45, 2.75) is 57.9 Å². The lowest BCUT2D eigenvalue weighted by Gasteiger charge is -2.08. The van der Waals surface area contributed by atoms with E-state index in [0.717, 1.165) is 12.2 Å². The summed E-state index contributed by atoms with van der Waals surface area (Å²) in [7, 11) is 0. The van der Waals surface area contributed by atoms with E-state index < -0.39 is 0 Å². The molecule has 0 aliphatic rings. The quantitative estimate of drug-likeness (QED) is 0.673. The first-order valence-electron chi connectivity index (χ1n) is 6.25. The SMILES string of the molecule is CCCCCCCCC(N)c1ccc(Cl)o1. The molecule has 2 nitrogen and oxygen atoms in total. The smallest absolute Gasteiger partial charge is 0.193 e. The van der Waals surface area contributed by atoms with Crippen molar-refractivity contribution in [3.63, 3.8) is 0 Å². The van der Waals surface area contributed by atoms with Gasteiger partial charge in [-0.15, -0.1) is 0 Å². The van der Waals surface area contributed by atoms with Gasteiger partial charge < -0.3 is 10.2 Å². The first-order valence-corrected chi connectivity index (χ1v) is 6.62. The number of halogens is 1. The van der Waals surface area contributed by atoms with Crippen LogP contribution in [0.4, 0.5) is 0 Å². The van der Waals surface area contributed by atoms with E-state index in [9.17, 15) is 0 Å². The molecule has 3 heteroatoms. The van der Waals surface area contributed by atoms with Gasteiger partial charge in [0.05, 0.1) is 6.04 Å². The van der Waals surface area contributed by atoms with Gasteiger partial charge in [0.1, 0.15) is 5.76 Å². The van der Waals surface area contributed by atoms with Gasteiger partial charge in [-0.2, -0.15) is 0 Å². The second kappa shape index (κ2) is 7.75. The van der Waals surface area contributed by atoms with Gasteiger partial charge in [0.25, 0.3) is 0 Å². The van der Waals surface area contributed by atoms with Crippen LogP contribution < -0.4 is 5.73 Å². The molecule has 0 aliphatic carbocycles. The molecule has 0 aromatic carbocycles. The second-order valence-corrected chi connectivity index (χ2v) is 4.68. The Bertz CT molecular complexity index is 285. The third-order valence-corrected chi connectivity index (χ3v) is 3.03. The fourth-order valence-corrected chi connectivity index (χ4v) is 1.97. The molecule has 0 saturated carbocycles. The Hall–Kier alpha value is -0.470. The van der Waals surface area contributed by atoms with Gasteiger partial charge >= 0.3 is 0 Å². The Labute approximate surface area is 103 Å². The lowest BCUT2D eigenvalue weighted by molar-refractivity contribution is 0.439. The van der Waals surface area contributed by atoms with E-state index in [1.165, 1.54) is 38.5 Å². The molecule has 2 N–H and O–H groups in total. The van der Waals surface area contributed by atoms with Crippen LogP contribution in [0.2, 0.25) is 5.22 Å². The summed E-state index contributed by atoms with van der Waals surface area (Å²) in [5.74, 6) is 0.804. The number of unbranched alkanes of at least 4 members (excludes halogenated alkanes) is 5. The summed E-state index contributed by atoms with van der Waals surface area (Å²) < 4.78 is 5.28. The summed E-state index contributed by atoms with van der Waals surface area (Å²) in [6.45, 7) is 2.23. The van der Waals surface area contributed by atoms with Gasteiger partial charge in [0, 0.05) is 0 Å². The molecular formula is C13H22ClNO. The molecule has 0 aliphatic heterocycles. The topological polar surface area (TPSA) is 39.2 Å². The summed E-state index contributed by atoms with van der Waals surface area (Å²) in [5, 5.41) is 0.424. The van der Waals surface area contributed by atoms with Crippen LogP contribution in [0.25, 0.3) is 0 Å². The molecule has 1 aromatic rings. The molecule has 16 heavy (non-hydrogen) atoms. The van der Waals surface area contributed by atoms with Crippen LogP contribution in [-0.2, 0) is 0 Å². The maximum absolute atomic E-state index is 6.00. The zero-order valence-electron chi connectivity index (χ0n) is 10.0. The van der Waals surface area contributed by atoms with E-state index in [4.69, 9.17) is 21.8 Å². The van der Waals surface area contributed by atoms with Gasteiger partial charge in [0.2, 0.25) is 0 Å². The minimum absolute atomic E-state index is 0.00123. The molecular weight excluding hydrogens is 222 g/mol. The largest absolute Gasteiger partial charge is 0.448 e. The van der Waals surface area contributed by atoms with Gasteiger partial charge in [-0.3, -0.25) is 0 Å². The molecule has 0 spiro atoms. The predicted molar refractivity (Wildman–Crippen MR) is 68.6 cm³/mol. The molecule has 1 atom stereocenters. The number of nitrogens with two attached hydrogens (primary N) is 1. The molecule has 1 unspecified atom stereocenters. The first-order chi connectivity index (χ1) is 7.74. The van der Waals surface area contributed by atoms with Crippen LogP contribution in [0, 0.1) is 0 Å². The molecule has 0 saturated heterocycles. The minimum Gasteiger partial charge on any atom is -0.448 e. The maximum Gasteiger partial charge on any atom is 0.193 e. The van der Waals surface area contributed by atoms with Crippen LogP contribution in [0.3, 0.4) is 0 Å². The first kappa shape index (κ1) is 13.6. The fourth-order valence-electron chi connectivity index (χ4n) is 1.81. The van der Waals surface area contributed by atoms with Crippen molar-refractivity contribution in [3.05, 3.63) is 23.1 Å². The molecule has 1 heterocycles. The Morgan fingerprint density at radius 3 is 2.50 bits per heavy atom. The average molecular weight is 244 g/mol. The summed E-state index contributed by atoms with van der Waals surface area (Å²) in [6.07, 6.45) is 8.73. The van der Waals surface area contributed by atoms with Gasteiger partial charge in [-0.25, -0.2) is 0 Å². The van der Waals surface area contributed by atoms with Crippen molar-refractivity contribution in [2.24, 2.45) is 5.73 Å². The van der Waals surface area contributed by atoms with Crippen molar-refractivity contribution in [3.8, 4) is 0 Å². The third-order valence-electron chi connectivity index (χ3n) is 2.83. The van der Waals surface area contributed by atoms with Crippen LogP contribution in [0.1, 0.15) is 63.7 Å². The van der Waals surface area contributed by atoms with E-state index in [1.54, 1.807) is 6.07 Å². The highest BCUT2D eigenvalue weighted by Crippen LogP contribution is 2.22. The number of furan rings is 1. The predicted octanol–water partition coefficient (Wildman–Crippen LogP) is 4.68. The minimum atomic E-state index is -0.00123. The number of rotatable bonds is 8. The highest BCUT2D eigenvalue weighted by molar-refractivity contribution is 6.28. The molecule has 0 bridgehead atoms. The highest BCUT2D eigenvalue weighted by Gasteiger charge is 2.09. The Morgan fingerprint density at radius 1 is 1.19 bits per heavy atom. The van der Waals surface area contributed by atoms with Crippen LogP contribution in [0.15, 0.2) is 16.5 Å². The summed E-state index contributed by atoms with van der Waals surface area (Å²) in [5.41, 5.74) is 6.00. The molecule has 0 radical (unpaired) electrons. The second-order valence-electron chi connectivity index (χ2n) is 4.30. The zero-order valence-corrected chi connectivity index (χ0v) is 10.8. The maximum atomic E-state index is 6.00. The standard InChI is InChI=1S/C13H22ClNO/c1-2-3-4-5-6-7-8-11(15)12-9-10-13(14)16-12/h9-11H,2-8,15H2,1H3. The van der Waals surface area contributed by atoms with E-state index in [1.807, 2.05) is 6.07 Å². The molecule has 1 rings (SSSR count). The number of hydrogen-bond donors (Lipinski definition) is 1. The van der Waals surface area contributed by atoms with Gasteiger partial charge in [-0.1, -0.05) is 45.4 Å². The summed E-state index contributed by atoms with van der Waals surface area (Å²) in [6, 6.07) is 3.61. The lowest BCUT2D eigenvalue weighted by Crippen LogP contribution is -2.08. The lowest BCUT2D eigenvalue weighted by atomic mass is 10.0. The summed E-state index contributed by atoms with van der Waals surface area (Å²) >= 11 is 5.70. The van der Waals surface area contributed by atoms with Crippen LogP contribution >= 0.6 is 11.6 Å². The van der Waals surface area contributed by atoms with Crippen molar-refractivity contribution in [1.82, 2.24) is 0 Å². The third kappa shape index (κ3) is 5.04. The molecule has 0 amide bonds. The van der Waals surface area contributed by atoms with Crippen molar-refractivity contribution in [1.29, 1.82) is 0 Å². The van der Waals surface area contributed by atoms with Gasteiger partial charge in [-0.05, 0) is 30.2 Å². The fraction of sp³-hybridized carbons (Fsp3) is 0.692. The average Bonchev–Trinajstić information content (AvgIpc) is 2.70. The summed E-state index contributed by atoms with van der Waals surface area (Å²) in [4.78, 5) is 0. The molecule has 0 fully saturated rings. The Morgan fingerprint density at radius 2 is 1.88 bits per heavy atom. The highest BCUT2D eigenvalue weighted by atomic mass is 35.5. The van der Waals surface area contributed by atoms with Crippen LogP contribution in [0.5, 0.6) is 0 Å². The van der Waals surface area contributed by atoms with Crippen molar-refractivity contribution < 1.29 is 4.42 Å². The Balaban J connectivity index is 2.09. The number of hydrogen-bond acceptors (Lipinski definition) is 2. The van der Waals surface area contributed by atoms with Crippen molar-refractivity contribution >= 4 is 11.6 Å². The molecule has 1 aromatic heterocycles. The molecule has 92 valence electrons.